The molecule has 0 aliphatic rings. The molecule has 3 nitrogen and oxygen atoms in total. The van der Waals surface area contributed by atoms with Crippen LogP contribution in [-0.4, -0.2) is 26.0 Å². The van der Waals surface area contributed by atoms with Crippen LogP contribution in [-0.2, 0) is 11.2 Å². The summed E-state index contributed by atoms with van der Waals surface area (Å²) >= 11 is 0. The third-order valence-electron chi connectivity index (χ3n) is 3.17. The quantitative estimate of drug-likeness (QED) is 0.792. The van der Waals surface area contributed by atoms with Gasteiger partial charge >= 0.3 is 0 Å². The molecule has 0 saturated heterocycles. The standard InChI is InChI=1S/C15H23FN2O/c1-11(2)14(10-17-3)15(19)18-8-7-12-5-4-6-13(16)9-12/h4-6,9,11,14,17H,7-8,10H2,1-3H3,(H,18,19). The molecule has 0 spiro atoms. The molecule has 2 N–H and O–H groups in total. The van der Waals surface area contributed by atoms with Gasteiger partial charge in [0.25, 0.3) is 0 Å². The second-order valence-electron chi connectivity index (χ2n) is 5.08. The van der Waals surface area contributed by atoms with Crippen LogP contribution in [0.4, 0.5) is 4.39 Å². The first-order valence-corrected chi connectivity index (χ1v) is 6.71. The van der Waals surface area contributed by atoms with Crippen LogP contribution in [0.2, 0.25) is 0 Å². The second kappa shape index (κ2) is 7.89. The number of hydrogen-bond acceptors (Lipinski definition) is 2. The van der Waals surface area contributed by atoms with Gasteiger partial charge in [0.1, 0.15) is 5.82 Å². The van der Waals surface area contributed by atoms with Crippen LogP contribution >= 0.6 is 0 Å². The molecule has 1 atom stereocenters. The summed E-state index contributed by atoms with van der Waals surface area (Å²) in [4.78, 5) is 12.0. The highest BCUT2D eigenvalue weighted by molar-refractivity contribution is 5.79. The van der Waals surface area contributed by atoms with Crippen LogP contribution in [0, 0.1) is 17.7 Å². The number of carbonyl (C=O) groups is 1. The Bertz CT molecular complexity index is 407. The predicted octanol–water partition coefficient (Wildman–Crippen LogP) is 1.98. The molecule has 0 heterocycles. The molecule has 0 radical (unpaired) electrons. The smallest absolute Gasteiger partial charge is 0.224 e. The van der Waals surface area contributed by atoms with Crippen molar-refractivity contribution in [2.75, 3.05) is 20.1 Å². The van der Waals surface area contributed by atoms with Crippen molar-refractivity contribution in [2.45, 2.75) is 20.3 Å². The van der Waals surface area contributed by atoms with E-state index in [0.29, 0.717) is 25.4 Å². The van der Waals surface area contributed by atoms with E-state index < -0.39 is 0 Å². The maximum Gasteiger partial charge on any atom is 0.224 e. The number of nitrogens with one attached hydrogen (secondary N) is 2. The molecule has 0 saturated carbocycles. The van der Waals surface area contributed by atoms with E-state index in [1.807, 2.05) is 27.0 Å². The van der Waals surface area contributed by atoms with Crippen molar-refractivity contribution in [2.24, 2.45) is 11.8 Å². The third-order valence-corrected chi connectivity index (χ3v) is 3.17. The van der Waals surface area contributed by atoms with Crippen LogP contribution in [0.15, 0.2) is 24.3 Å². The minimum absolute atomic E-state index is 0.0301. The zero-order chi connectivity index (χ0) is 14.3. The zero-order valence-electron chi connectivity index (χ0n) is 11.9. The number of benzene rings is 1. The molecule has 0 aliphatic heterocycles. The van der Waals surface area contributed by atoms with E-state index in [0.717, 1.165) is 5.56 Å². The van der Waals surface area contributed by atoms with E-state index in [4.69, 9.17) is 0 Å². The number of hydrogen-bond donors (Lipinski definition) is 2. The lowest BCUT2D eigenvalue weighted by atomic mass is 9.95. The molecule has 0 aromatic heterocycles. The number of rotatable bonds is 7. The third kappa shape index (κ3) is 5.39. The Balaban J connectivity index is 2.41. The predicted molar refractivity (Wildman–Crippen MR) is 75.4 cm³/mol. The van der Waals surface area contributed by atoms with Crippen molar-refractivity contribution < 1.29 is 9.18 Å². The van der Waals surface area contributed by atoms with E-state index >= 15 is 0 Å². The SMILES string of the molecule is CNCC(C(=O)NCCc1cccc(F)c1)C(C)C. The van der Waals surface area contributed by atoms with E-state index in [1.165, 1.54) is 12.1 Å². The van der Waals surface area contributed by atoms with E-state index in [1.54, 1.807) is 6.07 Å². The molecule has 106 valence electrons. The van der Waals surface area contributed by atoms with E-state index in [2.05, 4.69) is 10.6 Å². The van der Waals surface area contributed by atoms with Crippen molar-refractivity contribution in [1.29, 1.82) is 0 Å². The molecule has 0 bridgehead atoms. The average Bonchev–Trinajstić information content (AvgIpc) is 2.35. The fourth-order valence-electron chi connectivity index (χ4n) is 2.00. The fraction of sp³-hybridized carbons (Fsp3) is 0.533. The molecule has 0 fully saturated rings. The van der Waals surface area contributed by atoms with Crippen molar-refractivity contribution in [3.63, 3.8) is 0 Å². The summed E-state index contributed by atoms with van der Waals surface area (Å²) < 4.78 is 13.0. The molecule has 1 aromatic carbocycles. The Morgan fingerprint density at radius 1 is 1.37 bits per heavy atom. The maximum absolute atomic E-state index is 13.0. The highest BCUT2D eigenvalue weighted by atomic mass is 19.1. The Morgan fingerprint density at radius 3 is 2.68 bits per heavy atom. The Kier molecular flexibility index (Phi) is 6.50. The van der Waals surface area contributed by atoms with Gasteiger partial charge in [-0.25, -0.2) is 4.39 Å². The van der Waals surface area contributed by atoms with Gasteiger partial charge in [0.15, 0.2) is 0 Å². The number of amides is 1. The molecule has 1 amide bonds. The lowest BCUT2D eigenvalue weighted by molar-refractivity contribution is -0.126. The molecule has 19 heavy (non-hydrogen) atoms. The summed E-state index contributed by atoms with van der Waals surface area (Å²) in [7, 11) is 1.84. The van der Waals surface area contributed by atoms with Crippen molar-refractivity contribution in [3.05, 3.63) is 35.6 Å². The summed E-state index contributed by atoms with van der Waals surface area (Å²) in [6, 6.07) is 6.47. The fourth-order valence-corrected chi connectivity index (χ4v) is 2.00. The highest BCUT2D eigenvalue weighted by Gasteiger charge is 2.20. The van der Waals surface area contributed by atoms with Gasteiger partial charge in [-0.05, 0) is 37.1 Å². The normalized spacial score (nSPS) is 12.5. The average molecular weight is 266 g/mol. The first-order valence-electron chi connectivity index (χ1n) is 6.71. The maximum atomic E-state index is 13.0. The van der Waals surface area contributed by atoms with Gasteiger partial charge in [-0.1, -0.05) is 26.0 Å². The van der Waals surface area contributed by atoms with Crippen LogP contribution in [0.3, 0.4) is 0 Å². The van der Waals surface area contributed by atoms with Crippen LogP contribution in [0.25, 0.3) is 0 Å². The monoisotopic (exact) mass is 266 g/mol. The summed E-state index contributed by atoms with van der Waals surface area (Å²) in [5, 5.41) is 5.95. The minimum Gasteiger partial charge on any atom is -0.355 e. The summed E-state index contributed by atoms with van der Waals surface area (Å²) in [6.45, 7) is 5.28. The largest absolute Gasteiger partial charge is 0.355 e. The Morgan fingerprint density at radius 2 is 2.11 bits per heavy atom. The zero-order valence-corrected chi connectivity index (χ0v) is 11.9. The van der Waals surface area contributed by atoms with E-state index in [-0.39, 0.29) is 17.6 Å². The van der Waals surface area contributed by atoms with Gasteiger partial charge in [0.2, 0.25) is 5.91 Å². The minimum atomic E-state index is -0.237. The molecule has 1 rings (SSSR count). The molecular weight excluding hydrogens is 243 g/mol. The van der Waals surface area contributed by atoms with Crippen LogP contribution in [0.5, 0.6) is 0 Å². The lowest BCUT2D eigenvalue weighted by Gasteiger charge is -2.19. The van der Waals surface area contributed by atoms with Crippen molar-refractivity contribution in [1.82, 2.24) is 10.6 Å². The molecule has 4 heteroatoms. The van der Waals surface area contributed by atoms with Gasteiger partial charge in [0, 0.05) is 13.1 Å². The van der Waals surface area contributed by atoms with Crippen molar-refractivity contribution >= 4 is 5.91 Å². The van der Waals surface area contributed by atoms with E-state index in [9.17, 15) is 9.18 Å². The molecule has 1 aromatic rings. The number of carbonyl (C=O) groups excluding carboxylic acids is 1. The molecule has 0 aliphatic carbocycles. The molecular formula is C15H23FN2O. The van der Waals surface area contributed by atoms with Gasteiger partial charge in [-0.3, -0.25) is 4.79 Å². The summed E-state index contributed by atoms with van der Waals surface area (Å²) in [6.07, 6.45) is 0.647. The van der Waals surface area contributed by atoms with Gasteiger partial charge in [-0.2, -0.15) is 0 Å². The lowest BCUT2D eigenvalue weighted by Crippen LogP contribution is -2.39. The molecule has 1 unspecified atom stereocenters. The van der Waals surface area contributed by atoms with Gasteiger partial charge < -0.3 is 10.6 Å². The topological polar surface area (TPSA) is 41.1 Å². The first-order chi connectivity index (χ1) is 9.04. The Labute approximate surface area is 114 Å². The first kappa shape index (κ1) is 15.6. The summed E-state index contributed by atoms with van der Waals surface area (Å²) in [5.74, 6) is 0.0824. The second-order valence-corrected chi connectivity index (χ2v) is 5.08. The number of halogens is 1. The highest BCUT2D eigenvalue weighted by Crippen LogP contribution is 2.10. The van der Waals surface area contributed by atoms with Crippen molar-refractivity contribution in [3.8, 4) is 0 Å². The van der Waals surface area contributed by atoms with Crippen LogP contribution in [0.1, 0.15) is 19.4 Å². The van der Waals surface area contributed by atoms with Crippen LogP contribution < -0.4 is 10.6 Å². The summed E-state index contributed by atoms with van der Waals surface area (Å²) in [5.41, 5.74) is 0.898. The van der Waals surface area contributed by atoms with Gasteiger partial charge in [0.05, 0.1) is 5.92 Å². The van der Waals surface area contributed by atoms with Gasteiger partial charge in [-0.15, -0.1) is 0 Å². The Hall–Kier alpha value is -1.42.